The highest BCUT2D eigenvalue weighted by Gasteiger charge is 2.31. The lowest BCUT2D eigenvalue weighted by atomic mass is 9.71. The van der Waals surface area contributed by atoms with Gasteiger partial charge in [-0.05, 0) is 60.0 Å². The second-order valence-electron chi connectivity index (χ2n) is 5.99. The van der Waals surface area contributed by atoms with Gasteiger partial charge in [0, 0.05) is 22.5 Å². The number of rotatable bonds is 3. The molecular weight excluding hydrogens is 282 g/mol. The van der Waals surface area contributed by atoms with Crippen molar-refractivity contribution >= 4 is 17.1 Å². The van der Waals surface area contributed by atoms with Crippen molar-refractivity contribution in [2.75, 3.05) is 17.2 Å². The highest BCUT2D eigenvalue weighted by molar-refractivity contribution is 5.55. The molecule has 23 heavy (non-hydrogen) atoms. The lowest BCUT2D eigenvalue weighted by molar-refractivity contribution is 0.693. The third-order valence-corrected chi connectivity index (χ3v) is 4.46. The van der Waals surface area contributed by atoms with Crippen LogP contribution in [0.2, 0.25) is 0 Å². The highest BCUT2D eigenvalue weighted by atomic mass is 14.6. The van der Waals surface area contributed by atoms with Crippen LogP contribution in [-0.2, 0) is 5.41 Å². The quantitative estimate of drug-likeness (QED) is 0.509. The lowest BCUT2D eigenvalue weighted by Gasteiger charge is -2.32. The molecule has 0 atom stereocenters. The molecular formula is C20H21N3. The third-order valence-electron chi connectivity index (χ3n) is 4.46. The Morgan fingerprint density at radius 3 is 0.913 bits per heavy atom. The van der Waals surface area contributed by atoms with E-state index in [1.54, 1.807) is 0 Å². The Balaban J connectivity index is 2.21. The summed E-state index contributed by atoms with van der Waals surface area (Å²) >= 11 is 0. The summed E-state index contributed by atoms with van der Waals surface area (Å²) in [7, 11) is 0. The van der Waals surface area contributed by atoms with E-state index >= 15 is 0 Å². The molecule has 3 heteroatoms. The summed E-state index contributed by atoms with van der Waals surface area (Å²) in [6.07, 6.45) is 0. The van der Waals surface area contributed by atoms with E-state index in [0.29, 0.717) is 0 Å². The molecule has 3 aromatic carbocycles. The molecule has 0 spiro atoms. The standard InChI is InChI=1S/C20H21N3/c1-20(14-2-8-17(21)9-3-14,15-4-10-18(22)11-5-15)16-6-12-19(23)13-7-16/h2-13H,21-23H2,1H3. The van der Waals surface area contributed by atoms with Gasteiger partial charge in [0.05, 0.1) is 0 Å². The molecule has 0 saturated heterocycles. The van der Waals surface area contributed by atoms with E-state index in [4.69, 9.17) is 17.2 Å². The Hall–Kier alpha value is -2.94. The number of hydrogen-bond donors (Lipinski definition) is 3. The molecule has 0 saturated carbocycles. The van der Waals surface area contributed by atoms with Crippen LogP contribution in [0, 0.1) is 0 Å². The van der Waals surface area contributed by atoms with Gasteiger partial charge < -0.3 is 17.2 Å². The van der Waals surface area contributed by atoms with Crippen LogP contribution in [0.5, 0.6) is 0 Å². The van der Waals surface area contributed by atoms with Gasteiger partial charge in [-0.1, -0.05) is 36.4 Å². The SMILES string of the molecule is CC(c1ccc(N)cc1)(c1ccc(N)cc1)c1ccc(N)cc1. The zero-order valence-electron chi connectivity index (χ0n) is 13.2. The average molecular weight is 303 g/mol. The summed E-state index contributed by atoms with van der Waals surface area (Å²) in [5.74, 6) is 0. The minimum Gasteiger partial charge on any atom is -0.399 e. The maximum Gasteiger partial charge on any atom is 0.0423 e. The summed E-state index contributed by atoms with van der Waals surface area (Å²) in [5.41, 5.74) is 23.0. The van der Waals surface area contributed by atoms with Crippen LogP contribution in [-0.4, -0.2) is 0 Å². The second kappa shape index (κ2) is 5.69. The molecule has 0 aromatic heterocycles. The largest absolute Gasteiger partial charge is 0.399 e. The van der Waals surface area contributed by atoms with Crippen LogP contribution in [0.1, 0.15) is 23.6 Å². The van der Waals surface area contributed by atoms with Crippen molar-refractivity contribution in [1.29, 1.82) is 0 Å². The van der Waals surface area contributed by atoms with Crippen molar-refractivity contribution in [1.82, 2.24) is 0 Å². The first-order chi connectivity index (χ1) is 11.0. The fourth-order valence-electron chi connectivity index (χ4n) is 2.95. The summed E-state index contributed by atoms with van der Waals surface area (Å²) in [6, 6.07) is 24.0. The van der Waals surface area contributed by atoms with Crippen LogP contribution < -0.4 is 17.2 Å². The monoisotopic (exact) mass is 303 g/mol. The molecule has 0 radical (unpaired) electrons. The fraction of sp³-hybridized carbons (Fsp3) is 0.100. The van der Waals surface area contributed by atoms with E-state index in [1.165, 1.54) is 16.7 Å². The van der Waals surface area contributed by atoms with Crippen LogP contribution in [0.4, 0.5) is 17.1 Å². The van der Waals surface area contributed by atoms with Gasteiger partial charge in [0.15, 0.2) is 0 Å². The first-order valence-electron chi connectivity index (χ1n) is 7.58. The van der Waals surface area contributed by atoms with Crippen molar-refractivity contribution in [2.45, 2.75) is 12.3 Å². The van der Waals surface area contributed by atoms with Crippen molar-refractivity contribution in [3.05, 3.63) is 89.5 Å². The molecule has 0 aliphatic carbocycles. The van der Waals surface area contributed by atoms with Crippen molar-refractivity contribution in [3.63, 3.8) is 0 Å². The summed E-state index contributed by atoms with van der Waals surface area (Å²) in [6.45, 7) is 2.20. The van der Waals surface area contributed by atoms with Crippen LogP contribution in [0.25, 0.3) is 0 Å². The van der Waals surface area contributed by atoms with Gasteiger partial charge in [-0.3, -0.25) is 0 Å². The number of nitrogen functional groups attached to an aromatic ring is 3. The molecule has 0 bridgehead atoms. The molecule has 0 amide bonds. The average Bonchev–Trinajstić information content (AvgIpc) is 2.56. The highest BCUT2D eigenvalue weighted by Crippen LogP contribution is 2.39. The zero-order valence-corrected chi connectivity index (χ0v) is 13.2. The van der Waals surface area contributed by atoms with Crippen LogP contribution in [0.3, 0.4) is 0 Å². The molecule has 0 unspecified atom stereocenters. The third kappa shape index (κ3) is 2.73. The number of anilines is 3. The molecule has 3 aromatic rings. The minimum absolute atomic E-state index is 0.310. The molecule has 116 valence electrons. The van der Waals surface area contributed by atoms with Crippen molar-refractivity contribution < 1.29 is 0 Å². The van der Waals surface area contributed by atoms with Gasteiger partial charge in [-0.25, -0.2) is 0 Å². The topological polar surface area (TPSA) is 78.1 Å². The number of benzene rings is 3. The maximum absolute atomic E-state index is 5.85. The minimum atomic E-state index is -0.310. The molecule has 0 aliphatic heterocycles. The summed E-state index contributed by atoms with van der Waals surface area (Å²) < 4.78 is 0. The van der Waals surface area contributed by atoms with E-state index in [-0.39, 0.29) is 5.41 Å². The van der Waals surface area contributed by atoms with Crippen LogP contribution >= 0.6 is 0 Å². The first kappa shape index (κ1) is 15.0. The Labute approximate surface area is 136 Å². The molecule has 6 N–H and O–H groups in total. The van der Waals surface area contributed by atoms with Gasteiger partial charge in [0.1, 0.15) is 0 Å². The molecule has 0 heterocycles. The number of nitrogens with two attached hydrogens (primary N) is 3. The predicted molar refractivity (Wildman–Crippen MR) is 98.1 cm³/mol. The smallest absolute Gasteiger partial charge is 0.0423 e. The Morgan fingerprint density at radius 2 is 0.696 bits per heavy atom. The van der Waals surface area contributed by atoms with Gasteiger partial charge in [0.2, 0.25) is 0 Å². The van der Waals surface area contributed by atoms with E-state index < -0.39 is 0 Å². The van der Waals surface area contributed by atoms with E-state index in [2.05, 4.69) is 43.3 Å². The predicted octanol–water partition coefficient (Wildman–Crippen LogP) is 3.79. The molecule has 3 rings (SSSR count). The maximum atomic E-state index is 5.85. The normalized spacial score (nSPS) is 11.3. The fourth-order valence-corrected chi connectivity index (χ4v) is 2.95. The van der Waals surface area contributed by atoms with Gasteiger partial charge in [-0.2, -0.15) is 0 Å². The summed E-state index contributed by atoms with van der Waals surface area (Å²) in [5, 5.41) is 0. The zero-order chi connectivity index (χ0) is 16.4. The van der Waals surface area contributed by atoms with Crippen molar-refractivity contribution in [3.8, 4) is 0 Å². The van der Waals surface area contributed by atoms with Gasteiger partial charge >= 0.3 is 0 Å². The van der Waals surface area contributed by atoms with E-state index in [9.17, 15) is 0 Å². The van der Waals surface area contributed by atoms with Crippen molar-refractivity contribution in [2.24, 2.45) is 0 Å². The number of hydrogen-bond acceptors (Lipinski definition) is 3. The molecule has 0 aliphatic rings. The lowest BCUT2D eigenvalue weighted by Crippen LogP contribution is -2.25. The van der Waals surface area contributed by atoms with Crippen LogP contribution in [0.15, 0.2) is 72.8 Å². The van der Waals surface area contributed by atoms with Gasteiger partial charge in [0.25, 0.3) is 0 Å². The second-order valence-corrected chi connectivity index (χ2v) is 5.99. The van der Waals surface area contributed by atoms with E-state index in [1.807, 2.05) is 36.4 Å². The molecule has 0 fully saturated rings. The Kier molecular flexibility index (Phi) is 3.70. The van der Waals surface area contributed by atoms with Gasteiger partial charge in [-0.15, -0.1) is 0 Å². The molecule has 3 nitrogen and oxygen atoms in total. The van der Waals surface area contributed by atoms with E-state index in [0.717, 1.165) is 17.1 Å². The Bertz CT molecular complexity index is 677. The summed E-state index contributed by atoms with van der Waals surface area (Å²) in [4.78, 5) is 0. The first-order valence-corrected chi connectivity index (χ1v) is 7.58. The Morgan fingerprint density at radius 1 is 0.478 bits per heavy atom.